The number of rotatable bonds is 5. The molecule has 0 saturated heterocycles. The van der Waals surface area contributed by atoms with E-state index in [9.17, 15) is 5.11 Å². The largest absolute Gasteiger partial charge is 0.461 e. The van der Waals surface area contributed by atoms with Crippen molar-refractivity contribution in [3.63, 3.8) is 0 Å². The second-order valence-electron chi connectivity index (χ2n) is 6.25. The van der Waals surface area contributed by atoms with Crippen molar-refractivity contribution in [2.24, 2.45) is 11.8 Å². The highest BCUT2D eigenvalue weighted by molar-refractivity contribution is 5.82. The van der Waals surface area contributed by atoms with Gasteiger partial charge in [-0.1, -0.05) is 31.0 Å². The number of aryl methyl sites for hydroxylation is 1. The lowest BCUT2D eigenvalue weighted by molar-refractivity contribution is 0.133. The van der Waals surface area contributed by atoms with E-state index in [1.54, 1.807) is 0 Å². The number of aliphatic hydroxyl groups is 1. The van der Waals surface area contributed by atoms with E-state index >= 15 is 0 Å². The van der Waals surface area contributed by atoms with Gasteiger partial charge in [-0.25, -0.2) is 0 Å². The number of para-hydroxylation sites is 1. The summed E-state index contributed by atoms with van der Waals surface area (Å²) < 4.78 is 5.80. The summed E-state index contributed by atoms with van der Waals surface area (Å²) >= 11 is 0. The minimum Gasteiger partial charge on any atom is -0.461 e. The quantitative estimate of drug-likeness (QED) is 0.882. The molecule has 3 rings (SSSR count). The molecule has 2 aromatic rings. The molecule has 114 valence electrons. The monoisotopic (exact) mass is 287 g/mol. The number of nitrogens with one attached hydrogen (secondary N) is 1. The zero-order chi connectivity index (χ0) is 14.7. The molecule has 1 saturated carbocycles. The third-order valence-corrected chi connectivity index (χ3v) is 4.91. The van der Waals surface area contributed by atoms with Crippen LogP contribution < -0.4 is 5.32 Å². The van der Waals surface area contributed by atoms with Gasteiger partial charge in [0.2, 0.25) is 0 Å². The van der Waals surface area contributed by atoms with E-state index in [0.717, 1.165) is 24.4 Å². The van der Waals surface area contributed by atoms with Gasteiger partial charge in [0.05, 0.1) is 0 Å². The molecule has 0 aliphatic heterocycles. The summed E-state index contributed by atoms with van der Waals surface area (Å²) in [5.74, 6) is 2.10. The Morgan fingerprint density at radius 2 is 1.95 bits per heavy atom. The van der Waals surface area contributed by atoms with Gasteiger partial charge >= 0.3 is 0 Å². The Labute approximate surface area is 126 Å². The highest BCUT2D eigenvalue weighted by Gasteiger charge is 2.24. The average Bonchev–Trinajstić information content (AvgIpc) is 2.84. The van der Waals surface area contributed by atoms with Gasteiger partial charge in [-0.15, -0.1) is 0 Å². The maximum absolute atomic E-state index is 9.49. The van der Waals surface area contributed by atoms with Crippen LogP contribution in [0.3, 0.4) is 0 Å². The number of fused-ring (bicyclic) bond motifs is 1. The molecule has 0 radical (unpaired) electrons. The normalized spacial score (nSPS) is 22.8. The van der Waals surface area contributed by atoms with Crippen molar-refractivity contribution < 1.29 is 9.52 Å². The molecule has 1 aromatic heterocycles. The highest BCUT2D eigenvalue weighted by atomic mass is 16.3. The molecular formula is C18H25NO2. The maximum atomic E-state index is 9.49. The number of benzene rings is 1. The molecule has 1 aliphatic carbocycles. The summed E-state index contributed by atoms with van der Waals surface area (Å²) in [4.78, 5) is 0. The van der Waals surface area contributed by atoms with Crippen molar-refractivity contribution in [1.82, 2.24) is 5.32 Å². The minimum atomic E-state index is 0.333. The van der Waals surface area contributed by atoms with Gasteiger partial charge in [-0.2, -0.15) is 0 Å². The first kappa shape index (κ1) is 14.6. The zero-order valence-corrected chi connectivity index (χ0v) is 12.8. The number of hydrogen-bond donors (Lipinski definition) is 2. The van der Waals surface area contributed by atoms with E-state index in [1.807, 2.05) is 19.1 Å². The van der Waals surface area contributed by atoms with Gasteiger partial charge < -0.3 is 14.8 Å². The maximum Gasteiger partial charge on any atom is 0.134 e. The van der Waals surface area contributed by atoms with E-state index in [4.69, 9.17) is 4.42 Å². The Kier molecular flexibility index (Phi) is 4.61. The molecule has 2 atom stereocenters. The topological polar surface area (TPSA) is 45.4 Å². The number of hydrogen-bond acceptors (Lipinski definition) is 3. The van der Waals surface area contributed by atoms with Crippen LogP contribution in [0.1, 0.15) is 37.0 Å². The molecule has 0 spiro atoms. The molecule has 0 bridgehead atoms. The summed E-state index contributed by atoms with van der Waals surface area (Å²) in [5, 5.41) is 14.3. The lowest BCUT2D eigenvalue weighted by atomic mass is 9.79. The van der Waals surface area contributed by atoms with E-state index in [0.29, 0.717) is 18.4 Å². The Morgan fingerprint density at radius 1 is 1.19 bits per heavy atom. The van der Waals surface area contributed by atoms with Gasteiger partial charge in [0.25, 0.3) is 0 Å². The van der Waals surface area contributed by atoms with Gasteiger partial charge in [0, 0.05) is 24.1 Å². The molecule has 21 heavy (non-hydrogen) atoms. The van der Waals surface area contributed by atoms with Crippen LogP contribution in [0.15, 0.2) is 28.7 Å². The van der Waals surface area contributed by atoms with Gasteiger partial charge in [0.15, 0.2) is 0 Å². The smallest absolute Gasteiger partial charge is 0.134 e. The summed E-state index contributed by atoms with van der Waals surface area (Å²) in [5.41, 5.74) is 2.24. The van der Waals surface area contributed by atoms with Crippen LogP contribution in [-0.4, -0.2) is 18.3 Å². The second-order valence-corrected chi connectivity index (χ2v) is 6.25. The van der Waals surface area contributed by atoms with Crippen molar-refractivity contribution in [3.05, 3.63) is 35.6 Å². The van der Waals surface area contributed by atoms with Gasteiger partial charge in [-0.3, -0.25) is 0 Å². The SMILES string of the molecule is Cc1oc2ccccc2c1CNCC1CCCCC1CO. The molecule has 0 amide bonds. The summed E-state index contributed by atoms with van der Waals surface area (Å²) in [6.45, 7) is 4.20. The van der Waals surface area contributed by atoms with Crippen LogP contribution in [-0.2, 0) is 6.54 Å². The second kappa shape index (κ2) is 6.63. The van der Waals surface area contributed by atoms with E-state index < -0.39 is 0 Å². The fourth-order valence-electron chi connectivity index (χ4n) is 3.62. The lowest BCUT2D eigenvalue weighted by Crippen LogP contribution is -2.32. The first-order valence-electron chi connectivity index (χ1n) is 8.08. The Morgan fingerprint density at radius 3 is 2.76 bits per heavy atom. The molecule has 1 aliphatic rings. The predicted molar refractivity (Wildman–Crippen MR) is 85.2 cm³/mol. The molecule has 1 fully saturated rings. The summed E-state index contributed by atoms with van der Waals surface area (Å²) in [7, 11) is 0. The van der Waals surface area contributed by atoms with Crippen LogP contribution in [0, 0.1) is 18.8 Å². The van der Waals surface area contributed by atoms with Crippen LogP contribution in [0.2, 0.25) is 0 Å². The molecule has 3 nitrogen and oxygen atoms in total. The summed E-state index contributed by atoms with van der Waals surface area (Å²) in [6, 6.07) is 8.22. The third-order valence-electron chi connectivity index (χ3n) is 4.91. The summed E-state index contributed by atoms with van der Waals surface area (Å²) in [6.07, 6.45) is 4.99. The predicted octanol–water partition coefficient (Wildman–Crippen LogP) is 3.63. The van der Waals surface area contributed by atoms with Gasteiger partial charge in [0.1, 0.15) is 11.3 Å². The third kappa shape index (κ3) is 3.14. The van der Waals surface area contributed by atoms with E-state index in [2.05, 4.69) is 17.4 Å². The Hall–Kier alpha value is -1.32. The van der Waals surface area contributed by atoms with Crippen molar-refractivity contribution in [2.75, 3.05) is 13.2 Å². The van der Waals surface area contributed by atoms with Crippen LogP contribution in [0.25, 0.3) is 11.0 Å². The molecular weight excluding hydrogens is 262 g/mol. The standard InChI is InChI=1S/C18H25NO2/c1-13-17(16-8-4-5-9-18(16)21-13)11-19-10-14-6-2-3-7-15(14)12-20/h4-5,8-9,14-15,19-20H,2-3,6-7,10-12H2,1H3. The van der Waals surface area contributed by atoms with Crippen LogP contribution >= 0.6 is 0 Å². The van der Waals surface area contributed by atoms with E-state index in [1.165, 1.54) is 36.6 Å². The highest BCUT2D eigenvalue weighted by Crippen LogP contribution is 2.29. The first-order valence-corrected chi connectivity index (χ1v) is 8.08. The van der Waals surface area contributed by atoms with Gasteiger partial charge in [-0.05, 0) is 44.2 Å². The van der Waals surface area contributed by atoms with Crippen molar-refractivity contribution >= 4 is 11.0 Å². The van der Waals surface area contributed by atoms with Crippen LogP contribution in [0.5, 0.6) is 0 Å². The fraction of sp³-hybridized carbons (Fsp3) is 0.556. The fourth-order valence-corrected chi connectivity index (χ4v) is 3.62. The first-order chi connectivity index (χ1) is 10.3. The molecule has 1 heterocycles. The molecule has 1 aromatic carbocycles. The lowest BCUT2D eigenvalue weighted by Gasteiger charge is -2.30. The zero-order valence-electron chi connectivity index (χ0n) is 12.8. The molecule has 2 N–H and O–H groups in total. The average molecular weight is 287 g/mol. The Balaban J connectivity index is 1.63. The molecule has 2 unspecified atom stereocenters. The van der Waals surface area contributed by atoms with Crippen molar-refractivity contribution in [2.45, 2.75) is 39.2 Å². The number of aliphatic hydroxyl groups excluding tert-OH is 1. The van der Waals surface area contributed by atoms with Crippen molar-refractivity contribution in [1.29, 1.82) is 0 Å². The Bertz CT molecular complexity index is 590. The number of furan rings is 1. The minimum absolute atomic E-state index is 0.333. The van der Waals surface area contributed by atoms with E-state index in [-0.39, 0.29) is 0 Å². The van der Waals surface area contributed by atoms with Crippen molar-refractivity contribution in [3.8, 4) is 0 Å². The van der Waals surface area contributed by atoms with Crippen LogP contribution in [0.4, 0.5) is 0 Å². The molecule has 3 heteroatoms.